The fourth-order valence-electron chi connectivity index (χ4n) is 2.14. The number of hydrogen-bond acceptors (Lipinski definition) is 4. The van der Waals surface area contributed by atoms with Crippen LogP contribution in [-0.2, 0) is 20.3 Å². The molecular weight excluding hydrogens is 397 g/mol. The number of nitrogens with one attached hydrogen (secondary N) is 1. The Labute approximate surface area is 164 Å². The second kappa shape index (κ2) is 9.16. The van der Waals surface area contributed by atoms with Gasteiger partial charge in [0.15, 0.2) is 6.61 Å². The number of carbonyl (C=O) groups excluding carboxylic acids is 2. The Hall–Kier alpha value is -1.89. The van der Waals surface area contributed by atoms with E-state index < -0.39 is 29.3 Å². The van der Waals surface area contributed by atoms with Gasteiger partial charge < -0.3 is 10.1 Å². The zero-order chi connectivity index (χ0) is 19.3. The molecule has 0 aromatic heterocycles. The zero-order valence-corrected chi connectivity index (χ0v) is 16.5. The van der Waals surface area contributed by atoms with Gasteiger partial charge in [0, 0.05) is 5.75 Å². The lowest BCUT2D eigenvalue weighted by molar-refractivity contribution is -0.119. The third kappa shape index (κ3) is 4.84. The predicted molar refractivity (Wildman–Crippen MR) is 104 cm³/mol. The Morgan fingerprint density at radius 1 is 1.15 bits per heavy atom. The van der Waals surface area contributed by atoms with Crippen LogP contribution in [0.5, 0.6) is 0 Å². The average molecular weight is 414 g/mol. The van der Waals surface area contributed by atoms with Gasteiger partial charge in [0.25, 0.3) is 5.91 Å². The van der Waals surface area contributed by atoms with Crippen LogP contribution in [0.4, 0.5) is 5.69 Å². The first-order valence-electron chi connectivity index (χ1n) is 7.74. The number of hydrogen-bond donors (Lipinski definition) is 1. The molecule has 0 fully saturated rings. The normalized spacial score (nSPS) is 11.7. The summed E-state index contributed by atoms with van der Waals surface area (Å²) in [6, 6.07) is 9.78. The Morgan fingerprint density at radius 3 is 2.54 bits per heavy atom. The number of aryl methyl sites for hydroxylation is 1. The van der Waals surface area contributed by atoms with Crippen molar-refractivity contribution in [3.8, 4) is 0 Å². The van der Waals surface area contributed by atoms with Crippen LogP contribution in [0, 0.1) is 6.92 Å². The molecule has 0 aliphatic heterocycles. The van der Waals surface area contributed by atoms with Crippen molar-refractivity contribution in [3.05, 3.63) is 57.6 Å². The summed E-state index contributed by atoms with van der Waals surface area (Å²) >= 11 is 12.2. The van der Waals surface area contributed by atoms with Gasteiger partial charge in [-0.3, -0.25) is 9.00 Å². The molecule has 26 heavy (non-hydrogen) atoms. The molecule has 1 N–H and O–H groups in total. The van der Waals surface area contributed by atoms with Crippen LogP contribution in [-0.4, -0.2) is 28.4 Å². The smallest absolute Gasteiger partial charge is 0.339 e. The highest BCUT2D eigenvalue weighted by Gasteiger charge is 2.18. The number of halogens is 2. The first kappa shape index (κ1) is 20.4. The maximum atomic E-state index is 12.2. The summed E-state index contributed by atoms with van der Waals surface area (Å²) in [5.41, 5.74) is 1.19. The first-order chi connectivity index (χ1) is 12.3. The number of amides is 1. The van der Waals surface area contributed by atoms with E-state index in [1.165, 1.54) is 6.07 Å². The van der Waals surface area contributed by atoms with Crippen molar-refractivity contribution in [2.45, 2.75) is 18.7 Å². The second-order valence-corrected chi connectivity index (χ2v) is 7.80. The van der Waals surface area contributed by atoms with Gasteiger partial charge >= 0.3 is 5.97 Å². The van der Waals surface area contributed by atoms with Crippen molar-refractivity contribution >= 4 is 51.6 Å². The molecule has 0 aliphatic rings. The topological polar surface area (TPSA) is 72.5 Å². The third-order valence-corrected chi connectivity index (χ3v) is 5.67. The molecular formula is C18H17Cl2NO4S. The van der Waals surface area contributed by atoms with Crippen molar-refractivity contribution < 1.29 is 18.5 Å². The van der Waals surface area contributed by atoms with Crippen LogP contribution in [0.1, 0.15) is 22.8 Å². The van der Waals surface area contributed by atoms with E-state index in [0.717, 1.165) is 5.56 Å². The SMILES string of the molecule is CC[S@@](=O)c1ccccc1C(=O)OCC(=O)Nc1c(Cl)ccc(C)c1Cl. The molecule has 1 atom stereocenters. The summed E-state index contributed by atoms with van der Waals surface area (Å²) in [5.74, 6) is -0.935. The molecule has 0 saturated carbocycles. The van der Waals surface area contributed by atoms with Gasteiger partial charge in [-0.2, -0.15) is 0 Å². The minimum absolute atomic E-state index is 0.173. The summed E-state index contributed by atoms with van der Waals surface area (Å²) in [4.78, 5) is 24.7. The van der Waals surface area contributed by atoms with E-state index in [2.05, 4.69) is 5.32 Å². The third-order valence-electron chi connectivity index (χ3n) is 3.50. The van der Waals surface area contributed by atoms with E-state index in [1.54, 1.807) is 44.2 Å². The van der Waals surface area contributed by atoms with Crippen LogP contribution in [0.3, 0.4) is 0 Å². The molecule has 0 unspecified atom stereocenters. The lowest BCUT2D eigenvalue weighted by Gasteiger charge is -2.12. The molecule has 0 saturated heterocycles. The largest absolute Gasteiger partial charge is 0.452 e. The minimum atomic E-state index is -1.31. The van der Waals surface area contributed by atoms with E-state index in [-0.39, 0.29) is 16.3 Å². The van der Waals surface area contributed by atoms with Crippen LogP contribution in [0.25, 0.3) is 0 Å². The van der Waals surface area contributed by atoms with Gasteiger partial charge in [0.05, 0.1) is 37.0 Å². The second-order valence-electron chi connectivity index (χ2n) is 5.31. The summed E-state index contributed by atoms with van der Waals surface area (Å²) in [7, 11) is -1.31. The highest BCUT2D eigenvalue weighted by Crippen LogP contribution is 2.32. The number of ether oxygens (including phenoxy) is 1. The van der Waals surface area contributed by atoms with Crippen LogP contribution in [0.2, 0.25) is 10.0 Å². The van der Waals surface area contributed by atoms with Crippen molar-refractivity contribution in [2.75, 3.05) is 17.7 Å². The lowest BCUT2D eigenvalue weighted by atomic mass is 10.2. The molecule has 0 spiro atoms. The van der Waals surface area contributed by atoms with Gasteiger partial charge in [-0.1, -0.05) is 48.3 Å². The summed E-state index contributed by atoms with van der Waals surface area (Å²) in [6.07, 6.45) is 0. The number of benzene rings is 2. The van der Waals surface area contributed by atoms with Gasteiger partial charge in [0.2, 0.25) is 0 Å². The Kier molecular flexibility index (Phi) is 7.20. The molecule has 2 rings (SSSR count). The molecule has 2 aromatic rings. The van der Waals surface area contributed by atoms with Crippen molar-refractivity contribution in [3.63, 3.8) is 0 Å². The number of carbonyl (C=O) groups is 2. The Bertz CT molecular complexity index is 870. The summed E-state index contributed by atoms with van der Waals surface area (Å²) in [5, 5.41) is 3.14. The molecule has 5 nitrogen and oxygen atoms in total. The van der Waals surface area contributed by atoms with Crippen LogP contribution < -0.4 is 5.32 Å². The Balaban J connectivity index is 2.06. The monoisotopic (exact) mass is 413 g/mol. The maximum absolute atomic E-state index is 12.2. The number of esters is 1. The molecule has 0 aliphatic carbocycles. The van der Waals surface area contributed by atoms with Crippen molar-refractivity contribution in [1.82, 2.24) is 0 Å². The maximum Gasteiger partial charge on any atom is 0.339 e. The van der Waals surface area contributed by atoms with E-state index in [1.807, 2.05) is 0 Å². The van der Waals surface area contributed by atoms with Crippen molar-refractivity contribution in [2.24, 2.45) is 0 Å². The van der Waals surface area contributed by atoms with Gasteiger partial charge in [0.1, 0.15) is 0 Å². The molecule has 8 heteroatoms. The first-order valence-corrected chi connectivity index (χ1v) is 9.81. The molecule has 0 bridgehead atoms. The molecule has 0 heterocycles. The molecule has 138 valence electrons. The van der Waals surface area contributed by atoms with E-state index in [9.17, 15) is 13.8 Å². The quantitative estimate of drug-likeness (QED) is 0.719. The van der Waals surface area contributed by atoms with Crippen molar-refractivity contribution in [1.29, 1.82) is 0 Å². The van der Waals surface area contributed by atoms with Crippen LogP contribution >= 0.6 is 23.2 Å². The Morgan fingerprint density at radius 2 is 1.85 bits per heavy atom. The van der Waals surface area contributed by atoms with Crippen LogP contribution in [0.15, 0.2) is 41.3 Å². The molecule has 0 radical (unpaired) electrons. The highest BCUT2D eigenvalue weighted by molar-refractivity contribution is 7.85. The zero-order valence-electron chi connectivity index (χ0n) is 14.2. The average Bonchev–Trinajstić information content (AvgIpc) is 2.65. The van der Waals surface area contributed by atoms with E-state index >= 15 is 0 Å². The predicted octanol–water partition coefficient (Wildman–Crippen LogP) is 4.22. The fourth-order valence-corrected chi connectivity index (χ4v) is 3.55. The lowest BCUT2D eigenvalue weighted by Crippen LogP contribution is -2.22. The van der Waals surface area contributed by atoms with E-state index in [4.69, 9.17) is 27.9 Å². The van der Waals surface area contributed by atoms with Gasteiger partial charge in [-0.05, 0) is 30.7 Å². The number of rotatable bonds is 6. The molecule has 1 amide bonds. The standard InChI is InChI=1S/C18H17Cl2NO4S/c1-3-26(24)14-7-5-4-6-12(14)18(23)25-10-15(22)21-17-13(19)9-8-11(2)16(17)20/h4-9H,3,10H2,1-2H3,(H,21,22)/t26-/m1/s1. The summed E-state index contributed by atoms with van der Waals surface area (Å²) in [6.45, 7) is 3.01. The number of anilines is 1. The minimum Gasteiger partial charge on any atom is -0.452 e. The highest BCUT2D eigenvalue weighted by atomic mass is 35.5. The van der Waals surface area contributed by atoms with Gasteiger partial charge in [-0.15, -0.1) is 0 Å². The molecule has 2 aromatic carbocycles. The van der Waals surface area contributed by atoms with E-state index in [0.29, 0.717) is 15.7 Å². The fraction of sp³-hybridized carbons (Fsp3) is 0.222. The summed E-state index contributed by atoms with van der Waals surface area (Å²) < 4.78 is 17.1. The van der Waals surface area contributed by atoms with Gasteiger partial charge in [-0.25, -0.2) is 4.79 Å².